The summed E-state index contributed by atoms with van der Waals surface area (Å²) in [5.74, 6) is 1.58. The quantitative estimate of drug-likeness (QED) is 0.872. The van der Waals surface area contributed by atoms with Crippen molar-refractivity contribution >= 4 is 23.8 Å². The summed E-state index contributed by atoms with van der Waals surface area (Å²) in [6.07, 6.45) is 1.84. The zero-order valence-corrected chi connectivity index (χ0v) is 12.7. The number of aromatic amines is 1. The molecule has 6 heteroatoms. The van der Waals surface area contributed by atoms with Gasteiger partial charge in [0.1, 0.15) is 11.6 Å². The van der Waals surface area contributed by atoms with Crippen molar-refractivity contribution in [3.05, 3.63) is 33.3 Å². The lowest BCUT2D eigenvalue weighted by Gasteiger charge is -2.13. The molecule has 102 valence electrons. The van der Waals surface area contributed by atoms with Crippen LogP contribution in [0, 0.1) is 11.7 Å². The molecule has 0 spiro atoms. The average Bonchev–Trinajstić information content (AvgIpc) is 2.74. The first-order chi connectivity index (χ1) is 9.08. The molecule has 0 bridgehead atoms. The van der Waals surface area contributed by atoms with E-state index in [-0.39, 0.29) is 0 Å². The zero-order valence-electron chi connectivity index (χ0n) is 11.2. The largest absolute Gasteiger partial charge is 0.495 e. The van der Waals surface area contributed by atoms with Gasteiger partial charge >= 0.3 is 0 Å². The molecule has 0 aliphatic carbocycles. The minimum absolute atomic E-state index is 0.559. The number of aryl methyl sites for hydroxylation is 2. The van der Waals surface area contributed by atoms with Crippen LogP contribution in [-0.2, 0) is 6.42 Å². The Balaban J connectivity index is 2.67. The normalized spacial score (nSPS) is 10.7. The van der Waals surface area contributed by atoms with E-state index in [2.05, 4.69) is 17.1 Å². The Labute approximate surface area is 122 Å². The molecule has 0 aliphatic rings. The fourth-order valence-electron chi connectivity index (χ4n) is 1.96. The van der Waals surface area contributed by atoms with Crippen LogP contribution >= 0.6 is 23.8 Å². The average molecular weight is 298 g/mol. The highest BCUT2D eigenvalue weighted by molar-refractivity contribution is 7.71. The van der Waals surface area contributed by atoms with E-state index in [1.54, 1.807) is 13.2 Å². The summed E-state index contributed by atoms with van der Waals surface area (Å²) in [7, 11) is 1.62. The Bertz CT molecular complexity index is 648. The topological polar surface area (TPSA) is 42.8 Å². The third kappa shape index (κ3) is 2.67. The van der Waals surface area contributed by atoms with Crippen molar-refractivity contribution in [2.24, 2.45) is 0 Å². The molecule has 0 saturated heterocycles. The van der Waals surface area contributed by atoms with E-state index in [9.17, 15) is 0 Å². The highest BCUT2D eigenvalue weighted by Crippen LogP contribution is 2.30. The van der Waals surface area contributed by atoms with Gasteiger partial charge in [-0.1, -0.05) is 18.5 Å². The van der Waals surface area contributed by atoms with Gasteiger partial charge in [-0.3, -0.25) is 9.67 Å². The first kappa shape index (κ1) is 14.1. The van der Waals surface area contributed by atoms with E-state index in [1.807, 2.05) is 17.6 Å². The Kier molecular flexibility index (Phi) is 4.27. The summed E-state index contributed by atoms with van der Waals surface area (Å²) in [4.78, 5) is 0. The van der Waals surface area contributed by atoms with Crippen molar-refractivity contribution in [1.29, 1.82) is 0 Å². The molecule has 1 N–H and O–H groups in total. The molecule has 0 radical (unpaired) electrons. The number of ether oxygens (including phenoxy) is 1. The van der Waals surface area contributed by atoms with Crippen LogP contribution in [0.25, 0.3) is 5.69 Å². The van der Waals surface area contributed by atoms with Gasteiger partial charge in [-0.15, -0.1) is 0 Å². The van der Waals surface area contributed by atoms with Crippen molar-refractivity contribution in [2.45, 2.75) is 26.7 Å². The van der Waals surface area contributed by atoms with Gasteiger partial charge in [0, 0.05) is 17.5 Å². The molecule has 4 nitrogen and oxygen atoms in total. The number of methoxy groups -OCH3 is 1. The van der Waals surface area contributed by atoms with Gasteiger partial charge in [0.25, 0.3) is 0 Å². The molecule has 19 heavy (non-hydrogen) atoms. The molecule has 0 amide bonds. The highest BCUT2D eigenvalue weighted by atomic mass is 35.5. The molecule has 0 atom stereocenters. The standard InChI is InChI=1S/C13H16ClN3OS/c1-4-5-12-15-16-13(19)17(12)10-6-8(2)9(14)7-11(10)18-3/h6-7H,4-5H2,1-3H3,(H,16,19). The number of H-pyrrole nitrogens is 1. The molecule has 2 aromatic rings. The van der Waals surface area contributed by atoms with Crippen molar-refractivity contribution in [3.8, 4) is 11.4 Å². The van der Waals surface area contributed by atoms with Crippen LogP contribution in [0.5, 0.6) is 5.75 Å². The molecule has 1 aromatic carbocycles. The maximum Gasteiger partial charge on any atom is 0.199 e. The maximum absolute atomic E-state index is 6.13. The highest BCUT2D eigenvalue weighted by Gasteiger charge is 2.14. The minimum Gasteiger partial charge on any atom is -0.495 e. The van der Waals surface area contributed by atoms with Crippen molar-refractivity contribution in [2.75, 3.05) is 7.11 Å². The predicted octanol–water partition coefficient (Wildman–Crippen LogP) is 3.85. The van der Waals surface area contributed by atoms with E-state index in [0.29, 0.717) is 15.5 Å². The lowest BCUT2D eigenvalue weighted by Crippen LogP contribution is -2.04. The monoisotopic (exact) mass is 297 g/mol. The molecule has 0 unspecified atom stereocenters. The van der Waals surface area contributed by atoms with Crippen LogP contribution < -0.4 is 4.74 Å². The van der Waals surface area contributed by atoms with Gasteiger partial charge in [-0.2, -0.15) is 5.10 Å². The SMILES string of the molecule is CCCc1n[nH]c(=S)n1-c1cc(C)c(Cl)cc1OC. The molecule has 0 saturated carbocycles. The van der Waals surface area contributed by atoms with Crippen LogP contribution in [-0.4, -0.2) is 21.9 Å². The van der Waals surface area contributed by atoms with Crippen molar-refractivity contribution in [3.63, 3.8) is 0 Å². The Morgan fingerprint density at radius 3 is 2.84 bits per heavy atom. The second kappa shape index (κ2) is 5.75. The first-order valence-corrected chi connectivity index (χ1v) is 6.88. The third-order valence-electron chi connectivity index (χ3n) is 2.92. The van der Waals surface area contributed by atoms with Crippen LogP contribution in [0.2, 0.25) is 5.02 Å². The summed E-state index contributed by atoms with van der Waals surface area (Å²) >= 11 is 11.4. The number of nitrogens with one attached hydrogen (secondary N) is 1. The summed E-state index contributed by atoms with van der Waals surface area (Å²) in [5, 5.41) is 7.77. The molecule has 1 aromatic heterocycles. The van der Waals surface area contributed by atoms with Gasteiger partial charge in [0.05, 0.1) is 12.8 Å². The Morgan fingerprint density at radius 1 is 1.47 bits per heavy atom. The lowest BCUT2D eigenvalue weighted by molar-refractivity contribution is 0.412. The van der Waals surface area contributed by atoms with E-state index >= 15 is 0 Å². The number of hydrogen-bond acceptors (Lipinski definition) is 3. The second-order valence-electron chi connectivity index (χ2n) is 4.30. The van der Waals surface area contributed by atoms with Gasteiger partial charge in [0.2, 0.25) is 0 Å². The van der Waals surface area contributed by atoms with E-state index in [4.69, 9.17) is 28.6 Å². The number of halogens is 1. The smallest absolute Gasteiger partial charge is 0.199 e. The number of rotatable bonds is 4. The van der Waals surface area contributed by atoms with Gasteiger partial charge < -0.3 is 4.74 Å². The second-order valence-corrected chi connectivity index (χ2v) is 5.10. The van der Waals surface area contributed by atoms with Crippen molar-refractivity contribution in [1.82, 2.24) is 14.8 Å². The molecule has 0 aliphatic heterocycles. The Hall–Kier alpha value is -1.33. The maximum atomic E-state index is 6.13. The fourth-order valence-corrected chi connectivity index (χ4v) is 2.36. The number of nitrogens with zero attached hydrogens (tertiary/aromatic N) is 2. The number of hydrogen-bond donors (Lipinski definition) is 1. The summed E-state index contributed by atoms with van der Waals surface area (Å²) in [6.45, 7) is 4.06. The first-order valence-electron chi connectivity index (χ1n) is 6.09. The third-order valence-corrected chi connectivity index (χ3v) is 3.60. The van der Waals surface area contributed by atoms with Crippen LogP contribution in [0.1, 0.15) is 24.7 Å². The van der Waals surface area contributed by atoms with Crippen LogP contribution in [0.4, 0.5) is 0 Å². The van der Waals surface area contributed by atoms with Gasteiger partial charge in [-0.25, -0.2) is 0 Å². The minimum atomic E-state index is 0.559. The number of benzene rings is 1. The molecule has 2 rings (SSSR count). The van der Waals surface area contributed by atoms with Gasteiger partial charge in [0.15, 0.2) is 4.77 Å². The summed E-state index contributed by atoms with van der Waals surface area (Å²) in [5.41, 5.74) is 1.84. The van der Waals surface area contributed by atoms with E-state index in [0.717, 1.165) is 29.9 Å². The van der Waals surface area contributed by atoms with E-state index in [1.165, 1.54) is 0 Å². The lowest BCUT2D eigenvalue weighted by atomic mass is 10.2. The molecule has 0 fully saturated rings. The Morgan fingerprint density at radius 2 is 2.21 bits per heavy atom. The predicted molar refractivity (Wildman–Crippen MR) is 79.0 cm³/mol. The van der Waals surface area contributed by atoms with Gasteiger partial charge in [-0.05, 0) is 37.2 Å². The summed E-state index contributed by atoms with van der Waals surface area (Å²) < 4.78 is 7.86. The molecular weight excluding hydrogens is 282 g/mol. The van der Waals surface area contributed by atoms with Crippen molar-refractivity contribution < 1.29 is 4.74 Å². The molecular formula is C13H16ClN3OS. The zero-order chi connectivity index (χ0) is 14.0. The van der Waals surface area contributed by atoms with Crippen LogP contribution in [0.3, 0.4) is 0 Å². The molecule has 1 heterocycles. The number of aromatic nitrogens is 3. The van der Waals surface area contributed by atoms with Crippen LogP contribution in [0.15, 0.2) is 12.1 Å². The fraction of sp³-hybridized carbons (Fsp3) is 0.385. The van der Waals surface area contributed by atoms with E-state index < -0.39 is 0 Å². The summed E-state index contributed by atoms with van der Waals surface area (Å²) in [6, 6.07) is 3.77.